The molecule has 0 aliphatic carbocycles. The van der Waals surface area contributed by atoms with Gasteiger partial charge in [-0.15, -0.1) is 0 Å². The van der Waals surface area contributed by atoms with Crippen LogP contribution in [0.1, 0.15) is 73.5 Å². The summed E-state index contributed by atoms with van der Waals surface area (Å²) < 4.78 is 92.6. The van der Waals surface area contributed by atoms with Gasteiger partial charge in [-0.05, 0) is 67.0 Å². The lowest BCUT2D eigenvalue weighted by atomic mass is 9.67. The van der Waals surface area contributed by atoms with Crippen molar-refractivity contribution in [2.24, 2.45) is 0 Å². The predicted octanol–water partition coefficient (Wildman–Crippen LogP) is 3.48. The Morgan fingerprint density at radius 3 is 2.09 bits per heavy atom. The van der Waals surface area contributed by atoms with Crippen LogP contribution in [0, 0.1) is 0 Å². The van der Waals surface area contributed by atoms with Crippen molar-refractivity contribution in [3.8, 4) is 0 Å². The molecule has 0 bridgehead atoms. The van der Waals surface area contributed by atoms with E-state index in [0.717, 1.165) is 0 Å². The second kappa shape index (κ2) is 5.71. The maximum atomic E-state index is 12.7. The van der Waals surface area contributed by atoms with Gasteiger partial charge in [-0.2, -0.15) is 0 Å². The van der Waals surface area contributed by atoms with Gasteiger partial charge in [0.2, 0.25) is 0 Å². The summed E-state index contributed by atoms with van der Waals surface area (Å²) in [6.45, 7) is 3.67. The molecule has 2 fully saturated rings. The van der Waals surface area contributed by atoms with E-state index in [2.05, 4.69) is 0 Å². The molecule has 2 saturated heterocycles. The largest absolute Gasteiger partial charge is 0.461 e. The van der Waals surface area contributed by atoms with E-state index < -0.39 is 61.5 Å². The molecule has 126 valence electrons. The summed E-state index contributed by atoms with van der Waals surface area (Å²) in [5, 5.41) is 0. The second-order valence-electron chi connectivity index (χ2n) is 7.29. The van der Waals surface area contributed by atoms with E-state index in [1.165, 1.54) is 20.8 Å². The van der Waals surface area contributed by atoms with E-state index in [4.69, 9.17) is 26.4 Å². The lowest BCUT2D eigenvalue weighted by Crippen LogP contribution is -2.43. The van der Waals surface area contributed by atoms with Crippen molar-refractivity contribution in [1.82, 2.24) is 4.90 Å². The third-order valence-electron chi connectivity index (χ3n) is 3.67. The van der Waals surface area contributed by atoms with E-state index in [0.29, 0.717) is 0 Å². The predicted molar refractivity (Wildman–Crippen MR) is 86.9 cm³/mol. The lowest BCUT2D eigenvalue weighted by molar-refractivity contribution is 0.00578. The maximum Gasteiger partial charge on any atom is 0.461 e. The molecule has 0 unspecified atom stereocenters. The van der Waals surface area contributed by atoms with Crippen LogP contribution in [0.4, 0.5) is 4.79 Å². The number of ether oxygens (including phenoxy) is 1. The first-order valence-corrected chi connectivity index (χ1v) is 7.20. The molecule has 0 N–H and O–H groups in total. The van der Waals surface area contributed by atoms with E-state index >= 15 is 0 Å². The number of piperidine rings is 1. The van der Waals surface area contributed by atoms with Gasteiger partial charge in [0.25, 0.3) is 0 Å². The molecule has 0 aromatic carbocycles. The van der Waals surface area contributed by atoms with Crippen molar-refractivity contribution >= 4 is 13.2 Å². The first kappa shape index (κ1) is 8.93. The van der Waals surface area contributed by atoms with Crippen LogP contribution in [-0.4, -0.2) is 47.9 Å². The van der Waals surface area contributed by atoms with E-state index in [9.17, 15) is 4.79 Å². The molecule has 2 aliphatic rings. The zero-order valence-corrected chi connectivity index (χ0v) is 14.2. The minimum absolute atomic E-state index is 0.233. The Bertz CT molecular complexity index is 723. The number of nitrogens with zero attached hydrogens (tertiary/aromatic N) is 1. The van der Waals surface area contributed by atoms with Gasteiger partial charge in [0.15, 0.2) is 0 Å². The Morgan fingerprint density at radius 1 is 1.23 bits per heavy atom. The second-order valence-corrected chi connectivity index (χ2v) is 7.29. The number of hydrogen-bond donors (Lipinski definition) is 0. The molecular weight excluding hydrogens is 281 g/mol. The first-order chi connectivity index (χ1) is 13.3. The number of carbonyl (C=O) groups excluding carboxylic acids is 1. The maximum absolute atomic E-state index is 12.7. The van der Waals surface area contributed by atoms with Crippen molar-refractivity contribution in [3.05, 3.63) is 0 Å². The van der Waals surface area contributed by atoms with Gasteiger partial charge < -0.3 is 18.9 Å². The van der Waals surface area contributed by atoms with Crippen LogP contribution in [-0.2, 0) is 14.0 Å². The zero-order valence-electron chi connectivity index (χ0n) is 23.2. The number of likely N-dealkylation sites (tertiary alicyclic amines) is 1. The van der Waals surface area contributed by atoms with Crippen LogP contribution < -0.4 is 0 Å². The molecule has 22 heavy (non-hydrogen) atoms. The molecule has 2 rings (SSSR count). The fourth-order valence-electron chi connectivity index (χ4n) is 1.77. The van der Waals surface area contributed by atoms with Gasteiger partial charge in [-0.3, -0.25) is 0 Å². The normalized spacial score (nSPS) is 42.0. The third-order valence-corrected chi connectivity index (χ3v) is 3.67. The summed E-state index contributed by atoms with van der Waals surface area (Å²) in [5.74, 6) is -3.25. The van der Waals surface area contributed by atoms with Gasteiger partial charge in [-0.1, -0.05) is 0 Å². The molecule has 0 spiro atoms. The summed E-state index contributed by atoms with van der Waals surface area (Å²) in [5.41, 5.74) is -3.44. The molecule has 2 aliphatic heterocycles. The standard InChI is InChI=1S/C16H30BNO4/c1-14(2,3)20-13(19)18-10-8-12(9-11-18)17-21-15(4,5)16(6,7)22-17/h12H,8-11H2,1-7H3/i8D2,9D2,10D2,11D2,12D. The van der Waals surface area contributed by atoms with Gasteiger partial charge >= 0.3 is 13.2 Å². The van der Waals surface area contributed by atoms with Crippen molar-refractivity contribution in [2.75, 3.05) is 13.0 Å². The minimum Gasteiger partial charge on any atom is -0.444 e. The smallest absolute Gasteiger partial charge is 0.444 e. The monoisotopic (exact) mass is 320 g/mol. The van der Waals surface area contributed by atoms with Crippen LogP contribution in [0.25, 0.3) is 0 Å². The number of rotatable bonds is 1. The molecule has 1 amide bonds. The fourth-order valence-corrected chi connectivity index (χ4v) is 1.77. The Kier molecular flexibility index (Phi) is 2.32. The third kappa shape index (κ3) is 3.77. The SMILES string of the molecule is [2H]C1([2H])N(C(=O)OC(C)(C)C)C([2H])([2H])C([2H])([2H])C([2H])(B2OC(C)(C)C(C)(C)O2)C1([2H])[2H]. The Morgan fingerprint density at radius 2 is 1.68 bits per heavy atom. The summed E-state index contributed by atoms with van der Waals surface area (Å²) in [6, 6.07) is 0. The van der Waals surface area contributed by atoms with Gasteiger partial charge in [0, 0.05) is 25.3 Å². The Hall–Kier alpha value is -0.745. The highest BCUT2D eigenvalue weighted by atomic mass is 16.7. The van der Waals surface area contributed by atoms with Crippen LogP contribution in [0.3, 0.4) is 0 Å². The van der Waals surface area contributed by atoms with E-state index in [1.54, 1.807) is 27.7 Å². The molecular formula is C16H30BNO4. The van der Waals surface area contributed by atoms with Crippen molar-refractivity contribution < 1.29 is 31.2 Å². The minimum atomic E-state index is -3.50. The van der Waals surface area contributed by atoms with Gasteiger partial charge in [0.1, 0.15) is 5.60 Å². The Labute approximate surface area is 147 Å². The molecule has 0 atom stereocenters. The van der Waals surface area contributed by atoms with Crippen LogP contribution in [0.5, 0.6) is 0 Å². The van der Waals surface area contributed by atoms with Crippen LogP contribution in [0.2, 0.25) is 5.79 Å². The molecule has 0 aromatic rings. The Balaban J connectivity index is 2.73. The highest BCUT2D eigenvalue weighted by molar-refractivity contribution is 6.47. The van der Waals surface area contributed by atoms with Crippen LogP contribution >= 0.6 is 0 Å². The number of hydrogen-bond acceptors (Lipinski definition) is 4. The fraction of sp³-hybridized carbons (Fsp3) is 0.938. The molecule has 0 saturated carbocycles. The summed E-state index contributed by atoms with van der Waals surface area (Å²) in [6.07, 6.45) is -8.58. The summed E-state index contributed by atoms with van der Waals surface area (Å²) in [4.78, 5) is 12.5. The van der Waals surface area contributed by atoms with Crippen LogP contribution in [0.15, 0.2) is 0 Å². The van der Waals surface area contributed by atoms with Crippen molar-refractivity contribution in [3.63, 3.8) is 0 Å². The highest BCUT2D eigenvalue weighted by Gasteiger charge is 2.54. The quantitative estimate of drug-likeness (QED) is 0.694. The van der Waals surface area contributed by atoms with Gasteiger partial charge in [0.05, 0.1) is 11.2 Å². The van der Waals surface area contributed by atoms with E-state index in [1.807, 2.05) is 0 Å². The van der Waals surface area contributed by atoms with Crippen molar-refractivity contribution in [2.45, 2.75) is 83.8 Å². The number of carbonyl (C=O) groups is 1. The highest BCUT2D eigenvalue weighted by Crippen LogP contribution is 2.42. The lowest BCUT2D eigenvalue weighted by Gasteiger charge is -2.34. The van der Waals surface area contributed by atoms with E-state index in [-0.39, 0.29) is 4.90 Å². The van der Waals surface area contributed by atoms with Gasteiger partial charge in [-0.25, -0.2) is 4.79 Å². The first-order valence-electron chi connectivity index (χ1n) is 11.7. The molecule has 5 nitrogen and oxygen atoms in total. The average molecular weight is 320 g/mol. The van der Waals surface area contributed by atoms with Crippen molar-refractivity contribution in [1.29, 1.82) is 0 Å². The molecule has 2 heterocycles. The number of amides is 1. The molecule has 0 aromatic heterocycles. The average Bonchev–Trinajstić information content (AvgIpc) is 2.70. The topological polar surface area (TPSA) is 48.0 Å². The molecule has 0 radical (unpaired) electrons. The summed E-state index contributed by atoms with van der Waals surface area (Å²) >= 11 is 0. The molecule has 6 heteroatoms. The summed E-state index contributed by atoms with van der Waals surface area (Å²) in [7, 11) is -1.98. The zero-order chi connectivity index (χ0) is 24.9.